The Balaban J connectivity index is 0.00000361. The zero-order valence-electron chi connectivity index (χ0n) is 20.8. The van der Waals surface area contributed by atoms with Crippen LogP contribution < -0.4 is 9.47 Å². The molecule has 0 bridgehead atoms. The first-order valence-corrected chi connectivity index (χ1v) is 12.3. The highest BCUT2D eigenvalue weighted by Gasteiger charge is 2.23. The molecule has 7 heteroatoms. The molecule has 0 saturated heterocycles. The lowest BCUT2D eigenvalue weighted by molar-refractivity contribution is 0.104. The Kier molecular flexibility index (Phi) is 9.82. The Labute approximate surface area is 223 Å². The molecule has 0 radical (unpaired) electrons. The van der Waals surface area contributed by atoms with Crippen molar-refractivity contribution in [2.45, 2.75) is 20.3 Å². The molecule has 1 aromatic heterocycles. The summed E-state index contributed by atoms with van der Waals surface area (Å²) < 4.78 is 17.3. The first-order chi connectivity index (χ1) is 17.0. The summed E-state index contributed by atoms with van der Waals surface area (Å²) in [6.07, 6.45) is 0.954. The van der Waals surface area contributed by atoms with Gasteiger partial charge in [0.1, 0.15) is 22.8 Å². The van der Waals surface area contributed by atoms with Crippen molar-refractivity contribution in [1.82, 2.24) is 4.90 Å². The first kappa shape index (κ1) is 27.6. The molecule has 0 atom stereocenters. The van der Waals surface area contributed by atoms with Gasteiger partial charge in [-0.05, 0) is 86.2 Å². The number of ketones is 1. The van der Waals surface area contributed by atoms with E-state index in [2.05, 4.69) is 18.7 Å². The molecule has 4 aromatic rings. The Morgan fingerprint density at radius 1 is 0.944 bits per heavy atom. The van der Waals surface area contributed by atoms with E-state index in [4.69, 9.17) is 25.5 Å². The van der Waals surface area contributed by atoms with Crippen LogP contribution in [0.15, 0.2) is 71.1 Å². The van der Waals surface area contributed by atoms with Crippen LogP contribution in [0.2, 0.25) is 5.02 Å². The summed E-state index contributed by atoms with van der Waals surface area (Å²) in [6, 6.07) is 20.0. The van der Waals surface area contributed by atoms with Gasteiger partial charge in [0.2, 0.25) is 0 Å². The molecule has 0 amide bonds. The van der Waals surface area contributed by atoms with Crippen LogP contribution in [0.4, 0.5) is 0 Å². The smallest absolute Gasteiger partial charge is 0.197 e. The summed E-state index contributed by atoms with van der Waals surface area (Å²) in [7, 11) is 1.62. The molecular weight excluding hydrogens is 497 g/mol. The Morgan fingerprint density at radius 2 is 1.61 bits per heavy atom. The third kappa shape index (κ3) is 6.22. The normalized spacial score (nSPS) is 10.9. The molecule has 0 unspecified atom stereocenters. The number of carbonyl (C=O) groups is 1. The molecule has 0 aliphatic carbocycles. The van der Waals surface area contributed by atoms with Gasteiger partial charge in [-0.1, -0.05) is 25.4 Å². The molecule has 5 nitrogen and oxygen atoms in total. The molecule has 36 heavy (non-hydrogen) atoms. The van der Waals surface area contributed by atoms with Crippen molar-refractivity contribution in [2.24, 2.45) is 0 Å². The number of methoxy groups -OCH3 is 1. The van der Waals surface area contributed by atoms with E-state index in [1.165, 1.54) is 0 Å². The molecule has 3 aromatic carbocycles. The fraction of sp³-hybridized carbons (Fsp3) is 0.276. The minimum atomic E-state index is -0.134. The van der Waals surface area contributed by atoms with E-state index >= 15 is 0 Å². The molecule has 0 saturated carbocycles. The van der Waals surface area contributed by atoms with Crippen LogP contribution >= 0.6 is 24.0 Å². The highest BCUT2D eigenvalue weighted by atomic mass is 35.5. The van der Waals surface area contributed by atoms with Crippen molar-refractivity contribution in [2.75, 3.05) is 33.4 Å². The second-order valence-corrected chi connectivity index (χ2v) is 8.69. The summed E-state index contributed by atoms with van der Waals surface area (Å²) in [5.41, 5.74) is 2.44. The van der Waals surface area contributed by atoms with Crippen molar-refractivity contribution in [3.05, 3.63) is 82.9 Å². The van der Waals surface area contributed by atoms with Crippen molar-refractivity contribution in [3.8, 4) is 22.8 Å². The van der Waals surface area contributed by atoms with Gasteiger partial charge in [-0.3, -0.25) is 4.79 Å². The first-order valence-electron chi connectivity index (χ1n) is 11.9. The molecule has 0 aliphatic heterocycles. The Morgan fingerprint density at radius 3 is 2.25 bits per heavy atom. The van der Waals surface area contributed by atoms with E-state index in [1.807, 2.05) is 36.4 Å². The van der Waals surface area contributed by atoms with Crippen LogP contribution in [0.5, 0.6) is 11.5 Å². The third-order valence-electron chi connectivity index (χ3n) is 6.13. The lowest BCUT2D eigenvalue weighted by Gasteiger charge is -2.17. The standard InChI is InChI=1S/C29H30ClNO4.ClH/c1-4-31(5-2)17-6-18-34-24-14-7-20(8-15-24)28(32)27-25-19-22(30)11-16-26(25)35-29(27)21-9-12-23(33-3)13-10-21;/h7-16,19H,4-6,17-18H2,1-3H3;1H. The van der Waals surface area contributed by atoms with Gasteiger partial charge in [-0.15, -0.1) is 12.4 Å². The van der Waals surface area contributed by atoms with Crippen LogP contribution in [0.3, 0.4) is 0 Å². The van der Waals surface area contributed by atoms with Gasteiger partial charge in [0.25, 0.3) is 0 Å². The highest BCUT2D eigenvalue weighted by molar-refractivity contribution is 6.32. The lowest BCUT2D eigenvalue weighted by atomic mass is 9.97. The number of rotatable bonds is 11. The Bertz CT molecular complexity index is 1280. The van der Waals surface area contributed by atoms with Crippen molar-refractivity contribution >= 4 is 40.8 Å². The second kappa shape index (κ2) is 12.8. The molecule has 0 spiro atoms. The van der Waals surface area contributed by atoms with Crippen LogP contribution in [0.1, 0.15) is 36.2 Å². The number of halogens is 2. The third-order valence-corrected chi connectivity index (χ3v) is 6.36. The van der Waals surface area contributed by atoms with Crippen molar-refractivity contribution < 1.29 is 18.7 Å². The average Bonchev–Trinajstić information content (AvgIpc) is 3.27. The van der Waals surface area contributed by atoms with E-state index in [-0.39, 0.29) is 18.2 Å². The Hall–Kier alpha value is -2.99. The predicted molar refractivity (Wildman–Crippen MR) is 148 cm³/mol. The van der Waals surface area contributed by atoms with Gasteiger partial charge >= 0.3 is 0 Å². The topological polar surface area (TPSA) is 51.9 Å². The fourth-order valence-electron chi connectivity index (χ4n) is 4.11. The van der Waals surface area contributed by atoms with Crippen LogP contribution in [-0.2, 0) is 0 Å². The summed E-state index contributed by atoms with van der Waals surface area (Å²) in [5.74, 6) is 1.85. The number of hydrogen-bond acceptors (Lipinski definition) is 5. The largest absolute Gasteiger partial charge is 0.497 e. The number of fused-ring (bicyclic) bond motifs is 1. The maximum absolute atomic E-state index is 13.7. The van der Waals surface area contributed by atoms with Crippen LogP contribution in [-0.4, -0.2) is 44.0 Å². The van der Waals surface area contributed by atoms with Crippen molar-refractivity contribution in [3.63, 3.8) is 0 Å². The van der Waals surface area contributed by atoms with Gasteiger partial charge in [-0.2, -0.15) is 0 Å². The molecule has 0 aliphatic rings. The summed E-state index contributed by atoms with van der Waals surface area (Å²) >= 11 is 6.27. The fourth-order valence-corrected chi connectivity index (χ4v) is 4.28. The van der Waals surface area contributed by atoms with Gasteiger partial charge < -0.3 is 18.8 Å². The SMILES string of the molecule is CCN(CC)CCCOc1ccc(C(=O)c2c(-c3ccc(OC)cc3)oc3ccc(Cl)cc23)cc1.Cl. The summed E-state index contributed by atoms with van der Waals surface area (Å²) in [5, 5.41) is 1.23. The number of carbonyl (C=O) groups excluding carboxylic acids is 1. The molecule has 190 valence electrons. The van der Waals surface area contributed by atoms with E-state index in [9.17, 15) is 4.79 Å². The molecule has 1 heterocycles. The highest BCUT2D eigenvalue weighted by Crippen LogP contribution is 2.37. The van der Waals surface area contributed by atoms with Crippen LogP contribution in [0, 0.1) is 0 Å². The molecule has 0 N–H and O–H groups in total. The van der Waals surface area contributed by atoms with E-state index in [1.54, 1.807) is 37.4 Å². The number of nitrogens with zero attached hydrogens (tertiary/aromatic N) is 1. The van der Waals surface area contributed by atoms with Gasteiger partial charge in [0.15, 0.2) is 5.78 Å². The van der Waals surface area contributed by atoms with Gasteiger partial charge in [-0.25, -0.2) is 0 Å². The van der Waals surface area contributed by atoms with Crippen LogP contribution in [0.25, 0.3) is 22.3 Å². The average molecular weight is 528 g/mol. The minimum Gasteiger partial charge on any atom is -0.497 e. The molecule has 4 rings (SSSR count). The van der Waals surface area contributed by atoms with Crippen molar-refractivity contribution in [1.29, 1.82) is 0 Å². The summed E-state index contributed by atoms with van der Waals surface area (Å²) in [4.78, 5) is 16.1. The molecular formula is C29H31Cl2NO4. The zero-order valence-corrected chi connectivity index (χ0v) is 22.3. The maximum atomic E-state index is 13.7. The quantitative estimate of drug-likeness (QED) is 0.149. The minimum absolute atomic E-state index is 0. The van der Waals surface area contributed by atoms with E-state index in [0.717, 1.165) is 43.1 Å². The summed E-state index contributed by atoms with van der Waals surface area (Å²) in [6.45, 7) is 8.05. The maximum Gasteiger partial charge on any atom is 0.197 e. The zero-order chi connectivity index (χ0) is 24.8. The number of furan rings is 1. The van der Waals surface area contributed by atoms with Gasteiger partial charge in [0, 0.05) is 28.1 Å². The van der Waals surface area contributed by atoms with E-state index < -0.39 is 0 Å². The monoisotopic (exact) mass is 527 g/mol. The second-order valence-electron chi connectivity index (χ2n) is 8.26. The molecule has 0 fully saturated rings. The number of hydrogen-bond donors (Lipinski definition) is 0. The van der Waals surface area contributed by atoms with Gasteiger partial charge in [0.05, 0.1) is 19.3 Å². The number of benzene rings is 3. The predicted octanol–water partition coefficient (Wildman–Crippen LogP) is 7.53. The van der Waals surface area contributed by atoms with E-state index in [0.29, 0.717) is 39.5 Å². The lowest BCUT2D eigenvalue weighted by Crippen LogP contribution is -2.25. The number of ether oxygens (including phenoxy) is 2.